The Morgan fingerprint density at radius 1 is 0.941 bits per heavy atom. The van der Waals surface area contributed by atoms with Gasteiger partial charge in [-0.05, 0) is 35.2 Å². The van der Waals surface area contributed by atoms with Gasteiger partial charge >= 0.3 is 0 Å². The molecule has 1 N–H and O–H groups in total. The molecule has 8 nitrogen and oxygen atoms in total. The maximum absolute atomic E-state index is 13.3. The van der Waals surface area contributed by atoms with Crippen molar-refractivity contribution in [1.29, 1.82) is 0 Å². The minimum atomic E-state index is -0.935. The fourth-order valence-corrected chi connectivity index (χ4v) is 4.25. The molecule has 166 valence electrons. The van der Waals surface area contributed by atoms with E-state index in [1.165, 1.54) is 35.4 Å². The van der Waals surface area contributed by atoms with Crippen LogP contribution in [-0.4, -0.2) is 26.7 Å². The van der Waals surface area contributed by atoms with Crippen molar-refractivity contribution >= 4 is 39.6 Å². The summed E-state index contributed by atoms with van der Waals surface area (Å²) in [5.74, 6) is -2.05. The van der Waals surface area contributed by atoms with E-state index in [0.717, 1.165) is 10.8 Å². The molecule has 34 heavy (non-hydrogen) atoms. The summed E-state index contributed by atoms with van der Waals surface area (Å²) in [7, 11) is 0. The number of ketones is 1. The quantitative estimate of drug-likeness (QED) is 0.157. The largest absolute Gasteiger partial charge is 0.507 e. The minimum absolute atomic E-state index is 0.111. The van der Waals surface area contributed by atoms with Crippen LogP contribution in [0.1, 0.15) is 17.2 Å². The summed E-state index contributed by atoms with van der Waals surface area (Å²) < 4.78 is 0. The fraction of sp³-hybridized carbons (Fsp3) is 0.0385. The third-order valence-corrected chi connectivity index (χ3v) is 5.82. The molecule has 0 bridgehead atoms. The Balaban J connectivity index is 1.74. The van der Waals surface area contributed by atoms with Crippen molar-refractivity contribution in [3.63, 3.8) is 0 Å². The first kappa shape index (κ1) is 21.0. The predicted molar refractivity (Wildman–Crippen MR) is 126 cm³/mol. The molecule has 4 aromatic rings. The number of fused-ring (bicyclic) bond motifs is 1. The number of nitrogens with zero attached hydrogens (tertiary/aromatic N) is 3. The van der Waals surface area contributed by atoms with E-state index in [0.29, 0.717) is 11.3 Å². The van der Waals surface area contributed by atoms with Gasteiger partial charge in [0.15, 0.2) is 0 Å². The van der Waals surface area contributed by atoms with E-state index < -0.39 is 28.4 Å². The van der Waals surface area contributed by atoms with E-state index in [4.69, 9.17) is 0 Å². The van der Waals surface area contributed by atoms with Gasteiger partial charge in [-0.3, -0.25) is 29.6 Å². The summed E-state index contributed by atoms with van der Waals surface area (Å²) >= 11 is 0. The van der Waals surface area contributed by atoms with Gasteiger partial charge in [-0.2, -0.15) is 0 Å². The highest BCUT2D eigenvalue weighted by molar-refractivity contribution is 6.52. The van der Waals surface area contributed by atoms with Gasteiger partial charge in [-0.1, -0.05) is 42.5 Å². The molecule has 1 atom stereocenters. The molecule has 1 saturated heterocycles. The average Bonchev–Trinajstić information content (AvgIpc) is 3.14. The highest BCUT2D eigenvalue weighted by Gasteiger charge is 2.47. The number of rotatable bonds is 4. The normalized spacial score (nSPS) is 17.3. The van der Waals surface area contributed by atoms with Gasteiger partial charge in [0.25, 0.3) is 17.4 Å². The Hall–Kier alpha value is -4.85. The molecule has 1 unspecified atom stereocenters. The number of aliphatic hydroxyl groups is 1. The monoisotopic (exact) mass is 451 g/mol. The van der Waals surface area contributed by atoms with Crippen LogP contribution in [0.4, 0.5) is 11.4 Å². The first-order valence-corrected chi connectivity index (χ1v) is 10.4. The zero-order valence-electron chi connectivity index (χ0n) is 17.7. The second-order valence-corrected chi connectivity index (χ2v) is 7.76. The Kier molecular flexibility index (Phi) is 5.10. The predicted octanol–water partition coefficient (Wildman–Crippen LogP) is 4.77. The molecule has 1 aliphatic heterocycles. The van der Waals surface area contributed by atoms with E-state index in [1.807, 2.05) is 30.3 Å². The van der Waals surface area contributed by atoms with E-state index in [1.54, 1.807) is 30.5 Å². The molecule has 0 saturated carbocycles. The number of carbonyl (C=O) groups is 2. The first-order valence-electron chi connectivity index (χ1n) is 10.4. The lowest BCUT2D eigenvalue weighted by molar-refractivity contribution is -0.384. The molecule has 1 aromatic heterocycles. The molecule has 8 heteroatoms. The zero-order valence-corrected chi connectivity index (χ0v) is 17.7. The standard InChI is InChI=1S/C26H17N3O5/c30-24(17-10-12-19(13-11-17)29(33)34)22-23(18-7-4-14-27-15-18)28(26(32)25(22)31)21-9-3-6-16-5-1-2-8-20(16)21/h1-15,23,30H/b24-22+. The number of non-ortho nitro benzene ring substituents is 1. The fourth-order valence-electron chi connectivity index (χ4n) is 4.25. The maximum atomic E-state index is 13.3. The van der Waals surface area contributed by atoms with Crippen molar-refractivity contribution < 1.29 is 19.6 Å². The molecular formula is C26H17N3O5. The molecule has 1 amide bonds. The number of hydrogen-bond donors (Lipinski definition) is 1. The van der Waals surface area contributed by atoms with E-state index in [-0.39, 0.29) is 16.8 Å². The number of nitro benzene ring substituents is 1. The van der Waals surface area contributed by atoms with Crippen molar-refractivity contribution in [3.8, 4) is 0 Å². The number of benzene rings is 3. The van der Waals surface area contributed by atoms with Crippen molar-refractivity contribution in [2.75, 3.05) is 4.90 Å². The molecule has 2 heterocycles. The molecule has 3 aromatic carbocycles. The number of carbonyl (C=O) groups excluding carboxylic acids is 2. The van der Waals surface area contributed by atoms with E-state index in [2.05, 4.69) is 4.98 Å². The van der Waals surface area contributed by atoms with Gasteiger partial charge in [0, 0.05) is 35.5 Å². The van der Waals surface area contributed by atoms with Gasteiger partial charge in [-0.15, -0.1) is 0 Å². The van der Waals surface area contributed by atoms with E-state index in [9.17, 15) is 24.8 Å². The molecule has 5 rings (SSSR count). The third kappa shape index (κ3) is 3.38. The van der Waals surface area contributed by atoms with Gasteiger partial charge in [0.05, 0.1) is 22.2 Å². The Morgan fingerprint density at radius 2 is 1.68 bits per heavy atom. The van der Waals surface area contributed by atoms with Crippen molar-refractivity contribution in [2.24, 2.45) is 0 Å². The number of aliphatic hydroxyl groups excluding tert-OH is 1. The Labute approximate surface area is 193 Å². The Bertz CT molecular complexity index is 1470. The van der Waals surface area contributed by atoms with Gasteiger partial charge in [-0.25, -0.2) is 0 Å². The van der Waals surface area contributed by atoms with Crippen LogP contribution in [-0.2, 0) is 9.59 Å². The number of aromatic nitrogens is 1. The highest BCUT2D eigenvalue weighted by atomic mass is 16.6. The van der Waals surface area contributed by atoms with Gasteiger partial charge in [0.2, 0.25) is 0 Å². The molecule has 0 aliphatic carbocycles. The summed E-state index contributed by atoms with van der Waals surface area (Å²) in [4.78, 5) is 42.6. The summed E-state index contributed by atoms with van der Waals surface area (Å²) in [6.45, 7) is 0. The second-order valence-electron chi connectivity index (χ2n) is 7.76. The number of hydrogen-bond acceptors (Lipinski definition) is 6. The number of Topliss-reactive ketones (excluding diaryl/α,β-unsaturated/α-hetero) is 1. The maximum Gasteiger partial charge on any atom is 0.300 e. The van der Waals surface area contributed by atoms with Crippen LogP contribution in [0.3, 0.4) is 0 Å². The second kappa shape index (κ2) is 8.25. The topological polar surface area (TPSA) is 114 Å². The van der Waals surface area contributed by atoms with E-state index >= 15 is 0 Å². The van der Waals surface area contributed by atoms with Gasteiger partial charge in [0.1, 0.15) is 5.76 Å². The molecular weight excluding hydrogens is 434 g/mol. The molecule has 1 aliphatic rings. The average molecular weight is 451 g/mol. The minimum Gasteiger partial charge on any atom is -0.507 e. The van der Waals surface area contributed by atoms with Crippen LogP contribution < -0.4 is 4.90 Å². The zero-order chi connectivity index (χ0) is 23.8. The number of nitro groups is 1. The Morgan fingerprint density at radius 3 is 2.38 bits per heavy atom. The molecule has 0 radical (unpaired) electrons. The summed E-state index contributed by atoms with van der Waals surface area (Å²) in [6, 6.07) is 20.6. The summed E-state index contributed by atoms with van der Waals surface area (Å²) in [5, 5.41) is 23.8. The highest BCUT2D eigenvalue weighted by Crippen LogP contribution is 2.44. The third-order valence-electron chi connectivity index (χ3n) is 5.82. The van der Waals surface area contributed by atoms with Crippen LogP contribution in [0.15, 0.2) is 96.8 Å². The summed E-state index contributed by atoms with van der Waals surface area (Å²) in [6.07, 6.45) is 3.11. The van der Waals surface area contributed by atoms with Crippen LogP contribution >= 0.6 is 0 Å². The molecule has 0 spiro atoms. The van der Waals surface area contributed by atoms with Crippen LogP contribution in [0.25, 0.3) is 16.5 Å². The van der Waals surface area contributed by atoms with Crippen LogP contribution in [0, 0.1) is 10.1 Å². The van der Waals surface area contributed by atoms with Crippen molar-refractivity contribution in [3.05, 3.63) is 118 Å². The lowest BCUT2D eigenvalue weighted by Gasteiger charge is -2.26. The number of amides is 1. The molecule has 1 fully saturated rings. The van der Waals surface area contributed by atoms with Crippen LogP contribution in [0.5, 0.6) is 0 Å². The van der Waals surface area contributed by atoms with Gasteiger partial charge < -0.3 is 5.11 Å². The van der Waals surface area contributed by atoms with Crippen LogP contribution in [0.2, 0.25) is 0 Å². The first-order chi connectivity index (χ1) is 16.5. The number of pyridine rings is 1. The van der Waals surface area contributed by atoms with Crippen molar-refractivity contribution in [1.82, 2.24) is 4.98 Å². The SMILES string of the molecule is O=C1C(=O)N(c2cccc3ccccc23)C(c2cccnc2)/C1=C(\O)c1ccc([N+](=O)[O-])cc1. The smallest absolute Gasteiger partial charge is 0.300 e. The summed E-state index contributed by atoms with van der Waals surface area (Å²) in [5.41, 5.74) is 0.988. The lowest BCUT2D eigenvalue weighted by Crippen LogP contribution is -2.29. The van der Waals surface area contributed by atoms with Crippen molar-refractivity contribution in [2.45, 2.75) is 6.04 Å². The number of anilines is 1. The lowest BCUT2D eigenvalue weighted by atomic mass is 9.95.